The number of carboxylic acids is 1. The van der Waals surface area contributed by atoms with Gasteiger partial charge in [-0.05, 0) is 41.8 Å². The molecule has 30 heavy (non-hydrogen) atoms. The second kappa shape index (κ2) is 9.71. The largest absolute Gasteiger partial charge is 0.481 e. The zero-order chi connectivity index (χ0) is 22.6. The van der Waals surface area contributed by atoms with Gasteiger partial charge in [-0.15, -0.1) is 0 Å². The number of aliphatic carboxylic acids is 1. The molecule has 9 heteroatoms. The van der Waals surface area contributed by atoms with E-state index in [-0.39, 0.29) is 22.7 Å². The minimum atomic E-state index is -4.61. The summed E-state index contributed by atoms with van der Waals surface area (Å²) in [5.41, 5.74) is 0.857. The summed E-state index contributed by atoms with van der Waals surface area (Å²) in [6.45, 7) is 2.46. The molecule has 0 bridgehead atoms. The van der Waals surface area contributed by atoms with Crippen LogP contribution in [0.15, 0.2) is 42.5 Å². The lowest BCUT2D eigenvalue weighted by molar-refractivity contribution is -0.178. The van der Waals surface area contributed by atoms with Crippen molar-refractivity contribution in [3.8, 4) is 0 Å². The van der Waals surface area contributed by atoms with Crippen LogP contribution >= 0.6 is 23.2 Å². The number of hydrogen-bond donors (Lipinski definition) is 2. The highest BCUT2D eigenvalue weighted by Crippen LogP contribution is 2.39. The normalized spacial score (nSPS) is 14.6. The summed E-state index contributed by atoms with van der Waals surface area (Å²) in [5, 5.41) is 12.0. The summed E-state index contributed by atoms with van der Waals surface area (Å²) in [6.07, 6.45) is -4.43. The molecule has 0 radical (unpaired) electrons. The van der Waals surface area contributed by atoms with Crippen molar-refractivity contribution in [1.82, 2.24) is 0 Å². The number of anilines is 1. The molecule has 0 saturated carbocycles. The Labute approximate surface area is 182 Å². The van der Waals surface area contributed by atoms with Gasteiger partial charge >= 0.3 is 12.1 Å². The highest BCUT2D eigenvalue weighted by atomic mass is 35.5. The fraction of sp³-hybridized carbons (Fsp3) is 0.333. The molecule has 0 saturated heterocycles. The third kappa shape index (κ3) is 6.12. The maximum absolute atomic E-state index is 13.4. The number of carbonyl (C=O) groups excluding carboxylic acids is 1. The summed E-state index contributed by atoms with van der Waals surface area (Å²) in [7, 11) is 0. The van der Waals surface area contributed by atoms with Crippen LogP contribution in [-0.2, 0) is 16.0 Å². The van der Waals surface area contributed by atoms with E-state index < -0.39 is 35.8 Å². The van der Waals surface area contributed by atoms with E-state index in [0.717, 1.165) is 6.92 Å². The Morgan fingerprint density at radius 2 is 1.67 bits per heavy atom. The van der Waals surface area contributed by atoms with Crippen LogP contribution in [-0.4, -0.2) is 23.2 Å². The molecule has 2 N–H and O–H groups in total. The molecule has 0 aliphatic carbocycles. The van der Waals surface area contributed by atoms with Crippen molar-refractivity contribution in [1.29, 1.82) is 0 Å². The SMILES string of the molecule is C[C@H](Cc1ccc(Cl)c(NC(=O)[C@H](c2ccc(Cl)cc2)[C@@H](C)C(F)(F)F)c1)C(=O)O. The van der Waals surface area contributed by atoms with Gasteiger partial charge in [0.2, 0.25) is 5.91 Å². The molecule has 2 rings (SSSR count). The second-order valence-corrected chi connectivity index (χ2v) is 7.95. The minimum absolute atomic E-state index is 0.116. The van der Waals surface area contributed by atoms with Gasteiger partial charge in [0.1, 0.15) is 0 Å². The predicted molar refractivity (Wildman–Crippen MR) is 110 cm³/mol. The topological polar surface area (TPSA) is 66.4 Å². The summed E-state index contributed by atoms with van der Waals surface area (Å²) in [5.74, 6) is -6.04. The number of carbonyl (C=O) groups is 2. The van der Waals surface area contributed by atoms with Gasteiger partial charge in [-0.3, -0.25) is 9.59 Å². The average Bonchev–Trinajstić information content (AvgIpc) is 2.65. The first-order valence-corrected chi connectivity index (χ1v) is 9.80. The number of carboxylic acid groups (broad SMARTS) is 1. The van der Waals surface area contributed by atoms with Crippen LogP contribution < -0.4 is 5.32 Å². The van der Waals surface area contributed by atoms with Gasteiger partial charge in [0.05, 0.1) is 28.5 Å². The van der Waals surface area contributed by atoms with Crippen LogP contribution in [0.1, 0.15) is 30.9 Å². The molecule has 0 spiro atoms. The van der Waals surface area contributed by atoms with Crippen LogP contribution in [0.25, 0.3) is 0 Å². The lowest BCUT2D eigenvalue weighted by Crippen LogP contribution is -2.34. The van der Waals surface area contributed by atoms with Gasteiger partial charge in [0.25, 0.3) is 0 Å². The second-order valence-electron chi connectivity index (χ2n) is 7.11. The number of halogens is 5. The van der Waals surface area contributed by atoms with Crippen LogP contribution in [0.4, 0.5) is 18.9 Å². The first-order chi connectivity index (χ1) is 13.9. The van der Waals surface area contributed by atoms with Gasteiger partial charge in [-0.25, -0.2) is 0 Å². The quantitative estimate of drug-likeness (QED) is 0.517. The summed E-state index contributed by atoms with van der Waals surface area (Å²) in [4.78, 5) is 23.9. The molecule has 162 valence electrons. The maximum Gasteiger partial charge on any atom is 0.392 e. The third-order valence-corrected chi connectivity index (χ3v) is 5.36. The Bertz CT molecular complexity index is 917. The van der Waals surface area contributed by atoms with Crippen molar-refractivity contribution >= 4 is 40.8 Å². The number of alkyl halides is 3. The predicted octanol–water partition coefficient (Wildman–Crippen LogP) is 6.18. The average molecular weight is 462 g/mol. The van der Waals surface area contributed by atoms with Crippen LogP contribution in [0.3, 0.4) is 0 Å². The Hall–Kier alpha value is -2.25. The number of amides is 1. The molecule has 0 aromatic heterocycles. The molecule has 0 heterocycles. The third-order valence-electron chi connectivity index (χ3n) is 4.78. The molecule has 0 unspecified atom stereocenters. The van der Waals surface area contributed by atoms with Crippen LogP contribution in [0, 0.1) is 11.8 Å². The van der Waals surface area contributed by atoms with Gasteiger partial charge < -0.3 is 10.4 Å². The van der Waals surface area contributed by atoms with E-state index in [1.54, 1.807) is 6.07 Å². The Kier molecular flexibility index (Phi) is 7.77. The van der Waals surface area contributed by atoms with Gasteiger partial charge in [0, 0.05) is 5.02 Å². The van der Waals surface area contributed by atoms with E-state index in [2.05, 4.69) is 5.32 Å². The molecular formula is C21H20Cl2F3NO3. The van der Waals surface area contributed by atoms with Crippen molar-refractivity contribution in [3.63, 3.8) is 0 Å². The Morgan fingerprint density at radius 1 is 1.07 bits per heavy atom. The van der Waals surface area contributed by atoms with Crippen molar-refractivity contribution in [3.05, 3.63) is 63.6 Å². The Balaban J connectivity index is 2.35. The van der Waals surface area contributed by atoms with Crippen LogP contribution in [0.2, 0.25) is 10.0 Å². The van der Waals surface area contributed by atoms with E-state index in [9.17, 15) is 22.8 Å². The molecule has 4 nitrogen and oxygen atoms in total. The highest BCUT2D eigenvalue weighted by molar-refractivity contribution is 6.33. The smallest absolute Gasteiger partial charge is 0.392 e. The van der Waals surface area contributed by atoms with E-state index in [1.807, 2.05) is 0 Å². The number of hydrogen-bond acceptors (Lipinski definition) is 2. The maximum atomic E-state index is 13.4. The number of nitrogens with one attached hydrogen (secondary N) is 1. The molecule has 2 aromatic rings. The molecule has 0 fully saturated rings. The fourth-order valence-corrected chi connectivity index (χ4v) is 3.26. The molecule has 2 aromatic carbocycles. The van der Waals surface area contributed by atoms with Crippen molar-refractivity contribution in [2.45, 2.75) is 32.4 Å². The van der Waals surface area contributed by atoms with Crippen LogP contribution in [0.5, 0.6) is 0 Å². The first kappa shape index (κ1) is 24.0. The molecule has 0 aliphatic heterocycles. The zero-order valence-electron chi connectivity index (χ0n) is 16.1. The van der Waals surface area contributed by atoms with Crippen molar-refractivity contribution in [2.75, 3.05) is 5.32 Å². The lowest BCUT2D eigenvalue weighted by Gasteiger charge is -2.26. The molecule has 1 amide bonds. The monoisotopic (exact) mass is 461 g/mol. The van der Waals surface area contributed by atoms with Gasteiger partial charge in [0.15, 0.2) is 0 Å². The molecular weight excluding hydrogens is 442 g/mol. The summed E-state index contributed by atoms with van der Waals surface area (Å²) < 4.78 is 40.3. The zero-order valence-corrected chi connectivity index (χ0v) is 17.6. The molecule has 0 aliphatic rings. The standard InChI is InChI=1S/C21H20Cl2F3NO3/c1-11(20(29)30)9-13-3-8-16(23)17(10-13)27-19(28)18(12(2)21(24,25)26)14-4-6-15(22)7-5-14/h3-8,10-12,18H,9H2,1-2H3,(H,27,28)(H,29,30)/t11-,12-,18+/m1/s1. The number of rotatable bonds is 7. The fourth-order valence-electron chi connectivity index (χ4n) is 2.97. The van der Waals surface area contributed by atoms with Gasteiger partial charge in [-0.1, -0.05) is 55.2 Å². The molecule has 3 atom stereocenters. The van der Waals surface area contributed by atoms with Gasteiger partial charge in [-0.2, -0.15) is 13.2 Å². The van der Waals surface area contributed by atoms with Crippen molar-refractivity contribution < 1.29 is 27.9 Å². The van der Waals surface area contributed by atoms with E-state index in [0.29, 0.717) is 10.6 Å². The summed E-state index contributed by atoms with van der Waals surface area (Å²) in [6, 6.07) is 10.1. The summed E-state index contributed by atoms with van der Waals surface area (Å²) >= 11 is 11.9. The van der Waals surface area contributed by atoms with E-state index in [4.69, 9.17) is 28.3 Å². The number of benzene rings is 2. The van der Waals surface area contributed by atoms with Crippen molar-refractivity contribution in [2.24, 2.45) is 11.8 Å². The first-order valence-electron chi connectivity index (χ1n) is 9.04. The highest BCUT2D eigenvalue weighted by Gasteiger charge is 2.45. The minimum Gasteiger partial charge on any atom is -0.481 e. The Morgan fingerprint density at radius 3 is 2.20 bits per heavy atom. The van der Waals surface area contributed by atoms with E-state index >= 15 is 0 Å². The lowest BCUT2D eigenvalue weighted by atomic mass is 9.86. The van der Waals surface area contributed by atoms with E-state index in [1.165, 1.54) is 43.3 Å².